The van der Waals surface area contributed by atoms with Crippen molar-refractivity contribution in [1.29, 1.82) is 0 Å². The highest BCUT2D eigenvalue weighted by atomic mass is 35.5. The summed E-state index contributed by atoms with van der Waals surface area (Å²) < 4.78 is 0. The van der Waals surface area contributed by atoms with E-state index in [1.54, 1.807) is 18.2 Å². The Morgan fingerprint density at radius 3 is 2.59 bits per heavy atom. The van der Waals surface area contributed by atoms with Gasteiger partial charge in [-0.15, -0.1) is 0 Å². The van der Waals surface area contributed by atoms with Gasteiger partial charge in [-0.2, -0.15) is 0 Å². The average molecular weight is 271 g/mol. The molecule has 2 unspecified atom stereocenters. The maximum absolute atomic E-state index is 11.7. The Balaban J connectivity index is 2.37. The minimum absolute atomic E-state index is 0.00253. The Kier molecular flexibility index (Phi) is 3.55. The zero-order chi connectivity index (χ0) is 12.6. The zero-order valence-corrected chi connectivity index (χ0v) is 10.9. The topological polar surface area (TPSA) is 34.1 Å². The van der Waals surface area contributed by atoms with Crippen LogP contribution >= 0.6 is 23.2 Å². The normalized spacial score (nSPS) is 25.1. The van der Waals surface area contributed by atoms with Crippen molar-refractivity contribution in [3.63, 3.8) is 0 Å². The molecule has 1 aliphatic rings. The molecule has 1 aromatic carbocycles. The smallest absolute Gasteiger partial charge is 0.143 e. The molecule has 90 valence electrons. The average Bonchev–Trinajstić information content (AvgIpc) is 2.24. The van der Waals surface area contributed by atoms with Gasteiger partial charge in [0.25, 0.3) is 0 Å². The molecule has 2 rings (SSSR count). The lowest BCUT2D eigenvalue weighted by Gasteiger charge is -2.27. The highest BCUT2D eigenvalue weighted by molar-refractivity contribution is 6.35. The minimum atomic E-state index is -0.161. The first-order valence-electron chi connectivity index (χ1n) is 5.48. The molecule has 0 saturated heterocycles. The van der Waals surface area contributed by atoms with Gasteiger partial charge in [0.15, 0.2) is 0 Å². The largest absolute Gasteiger partial charge is 0.299 e. The molecular formula is C13H12Cl2O2. The number of hydrogen-bond donors (Lipinski definition) is 0. The SMILES string of the molecule is CC1C(=O)CC(=O)CC1c1ccc(Cl)cc1Cl. The minimum Gasteiger partial charge on any atom is -0.299 e. The maximum Gasteiger partial charge on any atom is 0.143 e. The van der Waals surface area contributed by atoms with Crippen LogP contribution in [0.2, 0.25) is 10.0 Å². The summed E-state index contributed by atoms with van der Waals surface area (Å²) in [6.45, 7) is 1.85. The van der Waals surface area contributed by atoms with E-state index in [4.69, 9.17) is 23.2 Å². The van der Waals surface area contributed by atoms with Gasteiger partial charge in [0.05, 0.1) is 6.42 Å². The fourth-order valence-corrected chi connectivity index (χ4v) is 2.80. The lowest BCUT2D eigenvalue weighted by molar-refractivity contribution is -0.133. The van der Waals surface area contributed by atoms with E-state index in [0.29, 0.717) is 16.5 Å². The van der Waals surface area contributed by atoms with Crippen molar-refractivity contribution in [1.82, 2.24) is 0 Å². The maximum atomic E-state index is 11.7. The molecular weight excluding hydrogens is 259 g/mol. The van der Waals surface area contributed by atoms with Crippen LogP contribution < -0.4 is 0 Å². The Labute approximate surface area is 110 Å². The van der Waals surface area contributed by atoms with E-state index in [1.165, 1.54) is 0 Å². The summed E-state index contributed by atoms with van der Waals surface area (Å²) >= 11 is 11.9. The Morgan fingerprint density at radius 1 is 1.24 bits per heavy atom. The van der Waals surface area contributed by atoms with Gasteiger partial charge >= 0.3 is 0 Å². The molecule has 0 N–H and O–H groups in total. The van der Waals surface area contributed by atoms with E-state index in [1.807, 2.05) is 6.92 Å². The standard InChI is InChI=1S/C13H12Cl2O2/c1-7-11(5-9(16)6-13(7)17)10-3-2-8(14)4-12(10)15/h2-4,7,11H,5-6H2,1H3. The Morgan fingerprint density at radius 2 is 1.94 bits per heavy atom. The van der Waals surface area contributed by atoms with Crippen LogP contribution in [-0.4, -0.2) is 11.6 Å². The molecule has 17 heavy (non-hydrogen) atoms. The van der Waals surface area contributed by atoms with E-state index in [0.717, 1.165) is 5.56 Å². The van der Waals surface area contributed by atoms with Gasteiger partial charge in [0, 0.05) is 28.3 Å². The second kappa shape index (κ2) is 4.79. The summed E-state index contributed by atoms with van der Waals surface area (Å²) in [7, 11) is 0. The fourth-order valence-electron chi connectivity index (χ4n) is 2.26. The molecule has 4 heteroatoms. The van der Waals surface area contributed by atoms with Crippen molar-refractivity contribution < 1.29 is 9.59 Å². The second-order valence-electron chi connectivity index (χ2n) is 4.45. The second-order valence-corrected chi connectivity index (χ2v) is 5.29. The van der Waals surface area contributed by atoms with Gasteiger partial charge < -0.3 is 0 Å². The van der Waals surface area contributed by atoms with Gasteiger partial charge in [-0.05, 0) is 17.7 Å². The fraction of sp³-hybridized carbons (Fsp3) is 0.385. The van der Waals surface area contributed by atoms with Crippen LogP contribution in [-0.2, 0) is 9.59 Å². The molecule has 1 saturated carbocycles. The summed E-state index contributed by atoms with van der Waals surface area (Å²) in [4.78, 5) is 23.2. The van der Waals surface area contributed by atoms with Crippen molar-refractivity contribution in [2.75, 3.05) is 0 Å². The lowest BCUT2D eigenvalue weighted by Crippen LogP contribution is -2.30. The molecule has 0 spiro atoms. The summed E-state index contributed by atoms with van der Waals surface area (Å²) in [5.74, 6) is -0.290. The van der Waals surface area contributed by atoms with Gasteiger partial charge in [-0.25, -0.2) is 0 Å². The predicted molar refractivity (Wildman–Crippen MR) is 67.6 cm³/mol. The predicted octanol–water partition coefficient (Wildman–Crippen LogP) is 3.65. The van der Waals surface area contributed by atoms with E-state index in [-0.39, 0.29) is 29.8 Å². The lowest BCUT2D eigenvalue weighted by atomic mass is 9.75. The van der Waals surface area contributed by atoms with Gasteiger partial charge in [0.1, 0.15) is 11.6 Å². The number of ketones is 2. The molecule has 2 nitrogen and oxygen atoms in total. The number of carbonyl (C=O) groups is 2. The first-order valence-corrected chi connectivity index (χ1v) is 6.24. The molecule has 0 radical (unpaired) electrons. The van der Waals surface area contributed by atoms with Gasteiger partial charge in [0.2, 0.25) is 0 Å². The van der Waals surface area contributed by atoms with Crippen LogP contribution in [0.15, 0.2) is 18.2 Å². The molecule has 1 fully saturated rings. The third kappa shape index (κ3) is 2.53. The van der Waals surface area contributed by atoms with Gasteiger partial charge in [-0.1, -0.05) is 36.2 Å². The number of benzene rings is 1. The van der Waals surface area contributed by atoms with Crippen LogP contribution in [0.4, 0.5) is 0 Å². The van der Waals surface area contributed by atoms with Crippen LogP contribution in [0.5, 0.6) is 0 Å². The highest BCUT2D eigenvalue weighted by Gasteiger charge is 2.34. The summed E-state index contributed by atoms with van der Waals surface area (Å²) in [5.41, 5.74) is 0.838. The quantitative estimate of drug-likeness (QED) is 0.731. The number of halogens is 2. The molecule has 2 atom stereocenters. The van der Waals surface area contributed by atoms with E-state index in [2.05, 4.69) is 0 Å². The number of Topliss-reactive ketones (excluding diaryl/α,β-unsaturated/α-hetero) is 2. The van der Waals surface area contributed by atoms with Gasteiger partial charge in [-0.3, -0.25) is 9.59 Å². The summed E-state index contributed by atoms with van der Waals surface area (Å²) in [5, 5.41) is 1.08. The molecule has 1 aromatic rings. The first kappa shape index (κ1) is 12.6. The number of rotatable bonds is 1. The van der Waals surface area contributed by atoms with Crippen LogP contribution in [0.3, 0.4) is 0 Å². The monoisotopic (exact) mass is 270 g/mol. The molecule has 0 aromatic heterocycles. The van der Waals surface area contributed by atoms with Crippen molar-refractivity contribution in [2.24, 2.45) is 5.92 Å². The van der Waals surface area contributed by atoms with Crippen molar-refractivity contribution in [3.8, 4) is 0 Å². The first-order chi connectivity index (χ1) is 7.99. The van der Waals surface area contributed by atoms with Crippen LogP contribution in [0.1, 0.15) is 31.2 Å². The highest BCUT2D eigenvalue weighted by Crippen LogP contribution is 2.38. The molecule has 0 heterocycles. The van der Waals surface area contributed by atoms with Crippen molar-refractivity contribution >= 4 is 34.8 Å². The summed E-state index contributed by atoms with van der Waals surface area (Å²) in [6.07, 6.45) is 0.442. The third-order valence-electron chi connectivity index (χ3n) is 3.29. The van der Waals surface area contributed by atoms with Crippen LogP contribution in [0.25, 0.3) is 0 Å². The Hall–Kier alpha value is -0.860. The number of hydrogen-bond acceptors (Lipinski definition) is 2. The van der Waals surface area contributed by atoms with Crippen molar-refractivity contribution in [3.05, 3.63) is 33.8 Å². The third-order valence-corrected chi connectivity index (χ3v) is 3.85. The molecule has 0 aliphatic heterocycles. The zero-order valence-electron chi connectivity index (χ0n) is 9.37. The molecule has 0 amide bonds. The Bertz CT molecular complexity index is 482. The van der Waals surface area contributed by atoms with E-state index < -0.39 is 0 Å². The van der Waals surface area contributed by atoms with Crippen LogP contribution in [0, 0.1) is 5.92 Å². The molecule has 1 aliphatic carbocycles. The van der Waals surface area contributed by atoms with E-state index >= 15 is 0 Å². The van der Waals surface area contributed by atoms with E-state index in [9.17, 15) is 9.59 Å². The summed E-state index contributed by atoms with van der Waals surface area (Å²) in [6, 6.07) is 5.19. The van der Waals surface area contributed by atoms with Crippen molar-refractivity contribution in [2.45, 2.75) is 25.7 Å². The molecule has 0 bridgehead atoms. The number of carbonyl (C=O) groups excluding carboxylic acids is 2.